The summed E-state index contributed by atoms with van der Waals surface area (Å²) >= 11 is 0. The van der Waals surface area contributed by atoms with Gasteiger partial charge >= 0.3 is 0 Å². The third-order valence-corrected chi connectivity index (χ3v) is 4.37. The Morgan fingerprint density at radius 1 is 1.00 bits per heavy atom. The zero-order valence-electron chi connectivity index (χ0n) is 15.1. The van der Waals surface area contributed by atoms with Crippen LogP contribution in [0, 0.1) is 11.6 Å². The predicted molar refractivity (Wildman–Crippen MR) is 103 cm³/mol. The Kier molecular flexibility index (Phi) is 4.80. The molecule has 2 heterocycles. The first kappa shape index (κ1) is 17.8. The van der Waals surface area contributed by atoms with E-state index in [1.807, 2.05) is 17.8 Å². The summed E-state index contributed by atoms with van der Waals surface area (Å²) in [6.45, 7) is 0.253. The van der Waals surface area contributed by atoms with Crippen LogP contribution in [-0.2, 0) is 13.6 Å². The minimum atomic E-state index is -0.314. The monoisotopic (exact) mass is 377 g/mol. The molecule has 0 saturated carbocycles. The second kappa shape index (κ2) is 7.56. The number of anilines is 1. The van der Waals surface area contributed by atoms with Crippen LogP contribution in [0.25, 0.3) is 22.6 Å². The SMILES string of the molecule is Cn1ccnc1-c1nc(NCc2ccccc2F)ncc1-c1ccc(F)cc1. The van der Waals surface area contributed by atoms with E-state index in [0.29, 0.717) is 23.0 Å². The van der Waals surface area contributed by atoms with E-state index >= 15 is 0 Å². The maximum Gasteiger partial charge on any atom is 0.223 e. The van der Waals surface area contributed by atoms with E-state index in [9.17, 15) is 8.78 Å². The lowest BCUT2D eigenvalue weighted by molar-refractivity contribution is 0.612. The van der Waals surface area contributed by atoms with Crippen LogP contribution in [0.15, 0.2) is 67.1 Å². The van der Waals surface area contributed by atoms with Gasteiger partial charge in [0.15, 0.2) is 5.82 Å². The van der Waals surface area contributed by atoms with Crippen LogP contribution < -0.4 is 5.32 Å². The smallest absolute Gasteiger partial charge is 0.223 e. The first-order valence-corrected chi connectivity index (χ1v) is 8.70. The van der Waals surface area contributed by atoms with Gasteiger partial charge in [0, 0.05) is 43.3 Å². The molecule has 0 amide bonds. The Labute approximate surface area is 160 Å². The molecule has 4 aromatic rings. The summed E-state index contributed by atoms with van der Waals surface area (Å²) in [5.74, 6) is 0.399. The van der Waals surface area contributed by atoms with Gasteiger partial charge < -0.3 is 9.88 Å². The van der Waals surface area contributed by atoms with Crippen LogP contribution in [0.4, 0.5) is 14.7 Å². The predicted octanol–water partition coefficient (Wildman–Crippen LogP) is 4.43. The second-order valence-corrected chi connectivity index (χ2v) is 6.27. The second-order valence-electron chi connectivity index (χ2n) is 6.27. The van der Waals surface area contributed by atoms with Gasteiger partial charge in [0.1, 0.15) is 17.3 Å². The molecule has 0 saturated heterocycles. The van der Waals surface area contributed by atoms with E-state index in [-0.39, 0.29) is 18.2 Å². The molecule has 28 heavy (non-hydrogen) atoms. The van der Waals surface area contributed by atoms with Gasteiger partial charge in [-0.15, -0.1) is 0 Å². The largest absolute Gasteiger partial charge is 0.350 e. The molecule has 0 aliphatic carbocycles. The molecule has 0 fully saturated rings. The zero-order valence-corrected chi connectivity index (χ0v) is 15.1. The summed E-state index contributed by atoms with van der Waals surface area (Å²) in [5, 5.41) is 3.05. The van der Waals surface area contributed by atoms with Crippen molar-refractivity contribution in [3.63, 3.8) is 0 Å². The highest BCUT2D eigenvalue weighted by molar-refractivity contribution is 5.78. The van der Waals surface area contributed by atoms with E-state index in [0.717, 1.165) is 11.1 Å². The Morgan fingerprint density at radius 3 is 2.50 bits per heavy atom. The highest BCUT2D eigenvalue weighted by atomic mass is 19.1. The standard InChI is InChI=1S/C21H17F2N5/c1-28-11-10-24-20(28)19-17(14-6-8-16(22)9-7-14)13-26-21(27-19)25-12-15-4-2-3-5-18(15)23/h2-11,13H,12H2,1H3,(H,25,26,27). The number of hydrogen-bond donors (Lipinski definition) is 1. The van der Waals surface area contributed by atoms with Gasteiger partial charge in [-0.2, -0.15) is 0 Å². The van der Waals surface area contributed by atoms with Gasteiger partial charge in [0.2, 0.25) is 5.95 Å². The molecular formula is C21H17F2N5. The number of aromatic nitrogens is 4. The van der Waals surface area contributed by atoms with E-state index in [1.54, 1.807) is 42.7 Å². The van der Waals surface area contributed by atoms with Crippen LogP contribution in [0.1, 0.15) is 5.56 Å². The number of aryl methyl sites for hydroxylation is 1. The molecule has 4 rings (SSSR count). The third kappa shape index (κ3) is 3.59. The summed E-state index contributed by atoms with van der Waals surface area (Å²) in [5.41, 5.74) is 2.63. The van der Waals surface area contributed by atoms with E-state index in [1.165, 1.54) is 18.2 Å². The van der Waals surface area contributed by atoms with E-state index in [4.69, 9.17) is 0 Å². The van der Waals surface area contributed by atoms with E-state index < -0.39 is 0 Å². The summed E-state index contributed by atoms with van der Waals surface area (Å²) < 4.78 is 29.0. The van der Waals surface area contributed by atoms with Crippen molar-refractivity contribution in [3.8, 4) is 22.6 Å². The highest BCUT2D eigenvalue weighted by Crippen LogP contribution is 2.30. The molecule has 0 radical (unpaired) electrons. The fourth-order valence-corrected chi connectivity index (χ4v) is 2.89. The summed E-state index contributed by atoms with van der Waals surface area (Å²) in [4.78, 5) is 13.3. The molecule has 0 aliphatic rings. The van der Waals surface area contributed by atoms with Crippen LogP contribution in [0.2, 0.25) is 0 Å². The Balaban J connectivity index is 1.71. The molecule has 140 valence electrons. The minimum Gasteiger partial charge on any atom is -0.350 e. The highest BCUT2D eigenvalue weighted by Gasteiger charge is 2.15. The van der Waals surface area contributed by atoms with Gasteiger partial charge in [-0.3, -0.25) is 0 Å². The van der Waals surface area contributed by atoms with Gasteiger partial charge in [0.25, 0.3) is 0 Å². The number of hydrogen-bond acceptors (Lipinski definition) is 4. The molecule has 0 bridgehead atoms. The minimum absolute atomic E-state index is 0.253. The van der Waals surface area contributed by atoms with Crippen molar-refractivity contribution in [3.05, 3.63) is 84.3 Å². The Bertz CT molecular complexity index is 1110. The Hall–Kier alpha value is -3.61. The number of nitrogens with one attached hydrogen (secondary N) is 1. The van der Waals surface area contributed by atoms with Crippen molar-refractivity contribution in [2.75, 3.05) is 5.32 Å². The van der Waals surface area contributed by atoms with Crippen molar-refractivity contribution >= 4 is 5.95 Å². The fraction of sp³-hybridized carbons (Fsp3) is 0.0952. The van der Waals surface area contributed by atoms with E-state index in [2.05, 4.69) is 20.3 Å². The number of rotatable bonds is 5. The lowest BCUT2D eigenvalue weighted by atomic mass is 10.1. The van der Waals surface area contributed by atoms with Crippen molar-refractivity contribution in [2.24, 2.45) is 7.05 Å². The molecular weight excluding hydrogens is 360 g/mol. The molecule has 0 aliphatic heterocycles. The first-order valence-electron chi connectivity index (χ1n) is 8.70. The van der Waals surface area contributed by atoms with Crippen LogP contribution in [-0.4, -0.2) is 19.5 Å². The summed E-state index contributed by atoms with van der Waals surface area (Å²) in [6, 6.07) is 12.7. The Morgan fingerprint density at radius 2 is 1.79 bits per heavy atom. The number of benzene rings is 2. The van der Waals surface area contributed by atoms with Gasteiger partial charge in [-0.25, -0.2) is 23.7 Å². The molecule has 0 unspecified atom stereocenters. The van der Waals surface area contributed by atoms with Crippen LogP contribution in [0.3, 0.4) is 0 Å². The van der Waals surface area contributed by atoms with Crippen LogP contribution >= 0.6 is 0 Å². The summed E-state index contributed by atoms with van der Waals surface area (Å²) in [7, 11) is 1.87. The van der Waals surface area contributed by atoms with Crippen molar-refractivity contribution in [1.82, 2.24) is 19.5 Å². The van der Waals surface area contributed by atoms with Crippen molar-refractivity contribution in [1.29, 1.82) is 0 Å². The average Bonchev–Trinajstić information content (AvgIpc) is 3.14. The van der Waals surface area contributed by atoms with Crippen LogP contribution in [0.5, 0.6) is 0 Å². The quantitative estimate of drug-likeness (QED) is 0.559. The topological polar surface area (TPSA) is 55.6 Å². The average molecular weight is 377 g/mol. The number of imidazole rings is 1. The maximum atomic E-state index is 13.8. The summed E-state index contributed by atoms with van der Waals surface area (Å²) in [6.07, 6.45) is 5.16. The fourth-order valence-electron chi connectivity index (χ4n) is 2.89. The zero-order chi connectivity index (χ0) is 19.5. The molecule has 7 heteroatoms. The molecule has 1 N–H and O–H groups in total. The lowest BCUT2D eigenvalue weighted by Gasteiger charge is -2.12. The van der Waals surface area contributed by atoms with Crippen molar-refractivity contribution < 1.29 is 8.78 Å². The molecule has 0 spiro atoms. The molecule has 2 aromatic carbocycles. The molecule has 0 atom stereocenters. The molecule has 5 nitrogen and oxygen atoms in total. The van der Waals surface area contributed by atoms with Gasteiger partial charge in [0.05, 0.1) is 0 Å². The molecule has 2 aromatic heterocycles. The van der Waals surface area contributed by atoms with Crippen molar-refractivity contribution in [2.45, 2.75) is 6.54 Å². The number of halogens is 2. The third-order valence-electron chi connectivity index (χ3n) is 4.37. The number of nitrogens with zero attached hydrogens (tertiary/aromatic N) is 4. The maximum absolute atomic E-state index is 13.8. The lowest BCUT2D eigenvalue weighted by Crippen LogP contribution is -2.07. The van der Waals surface area contributed by atoms with Gasteiger partial charge in [-0.1, -0.05) is 30.3 Å². The first-order chi connectivity index (χ1) is 13.6. The normalized spacial score (nSPS) is 10.8. The van der Waals surface area contributed by atoms with Gasteiger partial charge in [-0.05, 0) is 23.8 Å².